The van der Waals surface area contributed by atoms with Crippen LogP contribution in [0.25, 0.3) is 0 Å². The maximum absolute atomic E-state index is 12.9. The van der Waals surface area contributed by atoms with Crippen LogP contribution in [0.15, 0.2) is 24.3 Å². The van der Waals surface area contributed by atoms with Crippen LogP contribution in [0.1, 0.15) is 57.9 Å². The third kappa shape index (κ3) is 5.24. The highest BCUT2D eigenvalue weighted by Gasteiger charge is 2.41. The third-order valence-electron chi connectivity index (χ3n) is 7.93. The SMILES string of the molecule is CCN1CC(C(C)NC(=O)C2CCC3C(CCCC3Oc3ccc(C(F)(F)F)cc3)C2)C1. The van der Waals surface area contributed by atoms with Crippen molar-refractivity contribution in [1.82, 2.24) is 10.2 Å². The number of benzene rings is 1. The molecule has 1 heterocycles. The molecule has 2 saturated carbocycles. The van der Waals surface area contributed by atoms with Crippen LogP contribution < -0.4 is 10.1 Å². The van der Waals surface area contributed by atoms with E-state index in [1.807, 2.05) is 0 Å². The first kappa shape index (κ1) is 23.4. The number of nitrogens with one attached hydrogen (secondary N) is 1. The van der Waals surface area contributed by atoms with E-state index in [-0.39, 0.29) is 24.0 Å². The van der Waals surface area contributed by atoms with Crippen molar-refractivity contribution in [3.8, 4) is 5.75 Å². The summed E-state index contributed by atoms with van der Waals surface area (Å²) in [7, 11) is 0. The first-order valence-electron chi connectivity index (χ1n) is 12.1. The molecule has 3 aliphatic rings. The Balaban J connectivity index is 1.29. The van der Waals surface area contributed by atoms with Gasteiger partial charge in [-0.3, -0.25) is 4.79 Å². The highest BCUT2D eigenvalue weighted by molar-refractivity contribution is 5.79. The van der Waals surface area contributed by atoms with Gasteiger partial charge in [0.1, 0.15) is 11.9 Å². The second kappa shape index (κ2) is 9.62. The van der Waals surface area contributed by atoms with E-state index in [0.717, 1.165) is 70.3 Å². The fourth-order valence-corrected chi connectivity index (χ4v) is 5.83. The van der Waals surface area contributed by atoms with Gasteiger partial charge in [-0.25, -0.2) is 0 Å². The largest absolute Gasteiger partial charge is 0.490 e. The molecule has 32 heavy (non-hydrogen) atoms. The van der Waals surface area contributed by atoms with Crippen LogP contribution in [0.4, 0.5) is 13.2 Å². The number of nitrogens with zero attached hydrogens (tertiary/aromatic N) is 1. The number of fused-ring (bicyclic) bond motifs is 1. The van der Waals surface area contributed by atoms with Gasteiger partial charge in [0.25, 0.3) is 0 Å². The molecule has 0 aromatic heterocycles. The van der Waals surface area contributed by atoms with Gasteiger partial charge in [-0.2, -0.15) is 13.2 Å². The fourth-order valence-electron chi connectivity index (χ4n) is 5.83. The van der Waals surface area contributed by atoms with Crippen LogP contribution in [0, 0.1) is 23.7 Å². The molecule has 3 fully saturated rings. The summed E-state index contributed by atoms with van der Waals surface area (Å²) in [4.78, 5) is 15.3. The molecule has 1 aromatic carbocycles. The number of halogens is 3. The van der Waals surface area contributed by atoms with Crippen molar-refractivity contribution in [2.24, 2.45) is 23.7 Å². The molecule has 1 saturated heterocycles. The lowest BCUT2D eigenvalue weighted by Gasteiger charge is -2.44. The van der Waals surface area contributed by atoms with E-state index < -0.39 is 11.7 Å². The quantitative estimate of drug-likeness (QED) is 0.651. The number of ether oxygens (including phenoxy) is 1. The summed E-state index contributed by atoms with van der Waals surface area (Å²) in [6.45, 7) is 7.48. The standard InChI is InChI=1S/C25H35F3N2O2/c1-3-30-14-19(15-30)16(2)29-24(31)18-7-12-22-17(13-18)5-4-6-23(22)32-21-10-8-20(9-11-21)25(26,27)28/h8-11,16-19,22-23H,3-7,12-15H2,1-2H3,(H,29,31). The minimum Gasteiger partial charge on any atom is -0.490 e. The minimum absolute atomic E-state index is 0.0171. The molecule has 7 heteroatoms. The van der Waals surface area contributed by atoms with Crippen LogP contribution in [-0.4, -0.2) is 42.6 Å². The molecule has 1 aliphatic heterocycles. The van der Waals surface area contributed by atoms with Crippen LogP contribution in [-0.2, 0) is 11.0 Å². The van der Waals surface area contributed by atoms with Crippen molar-refractivity contribution in [1.29, 1.82) is 0 Å². The van der Waals surface area contributed by atoms with E-state index in [0.29, 0.717) is 23.5 Å². The number of amides is 1. The summed E-state index contributed by atoms with van der Waals surface area (Å²) in [5, 5.41) is 3.27. The van der Waals surface area contributed by atoms with Gasteiger partial charge in [0, 0.05) is 31.0 Å². The van der Waals surface area contributed by atoms with Gasteiger partial charge in [0.15, 0.2) is 0 Å². The number of rotatable bonds is 6. The summed E-state index contributed by atoms with van der Waals surface area (Å²) in [6.07, 6.45) is 1.43. The predicted molar refractivity (Wildman–Crippen MR) is 117 cm³/mol. The molecule has 0 bridgehead atoms. The highest BCUT2D eigenvalue weighted by Crippen LogP contribution is 2.44. The lowest BCUT2D eigenvalue weighted by Crippen LogP contribution is -2.56. The highest BCUT2D eigenvalue weighted by atomic mass is 19.4. The van der Waals surface area contributed by atoms with Crippen molar-refractivity contribution in [2.75, 3.05) is 19.6 Å². The van der Waals surface area contributed by atoms with E-state index in [9.17, 15) is 18.0 Å². The molecule has 0 spiro atoms. The van der Waals surface area contributed by atoms with E-state index in [2.05, 4.69) is 24.1 Å². The molecule has 0 radical (unpaired) electrons. The van der Waals surface area contributed by atoms with Gasteiger partial charge in [0.2, 0.25) is 5.91 Å². The normalized spacial score (nSPS) is 30.2. The third-order valence-corrected chi connectivity index (χ3v) is 7.93. The topological polar surface area (TPSA) is 41.6 Å². The maximum Gasteiger partial charge on any atom is 0.416 e. The van der Waals surface area contributed by atoms with Crippen molar-refractivity contribution in [2.45, 2.75) is 70.7 Å². The predicted octanol–water partition coefficient (Wildman–Crippen LogP) is 5.13. The Kier molecular flexibility index (Phi) is 7.03. The summed E-state index contributed by atoms with van der Waals surface area (Å²) < 4.78 is 44.6. The van der Waals surface area contributed by atoms with Gasteiger partial charge in [0.05, 0.1) is 5.56 Å². The van der Waals surface area contributed by atoms with Gasteiger partial charge in [-0.1, -0.05) is 6.92 Å². The van der Waals surface area contributed by atoms with Crippen LogP contribution in [0.2, 0.25) is 0 Å². The molecule has 2 aliphatic carbocycles. The number of likely N-dealkylation sites (tertiary alicyclic amines) is 1. The van der Waals surface area contributed by atoms with Crippen molar-refractivity contribution in [3.63, 3.8) is 0 Å². The zero-order valence-electron chi connectivity index (χ0n) is 19.0. The fraction of sp³-hybridized carbons (Fsp3) is 0.720. The smallest absolute Gasteiger partial charge is 0.416 e. The second-order valence-corrected chi connectivity index (χ2v) is 9.95. The molecule has 4 rings (SSSR count). The van der Waals surface area contributed by atoms with Crippen molar-refractivity contribution in [3.05, 3.63) is 29.8 Å². The lowest BCUT2D eigenvalue weighted by atomic mass is 9.66. The molecule has 1 amide bonds. The lowest BCUT2D eigenvalue weighted by molar-refractivity contribution is -0.137. The summed E-state index contributed by atoms with van der Waals surface area (Å²) in [5.41, 5.74) is -0.656. The Morgan fingerprint density at radius 2 is 1.88 bits per heavy atom. The Bertz CT molecular complexity index is 776. The van der Waals surface area contributed by atoms with E-state index >= 15 is 0 Å². The average Bonchev–Trinajstić information content (AvgIpc) is 2.72. The van der Waals surface area contributed by atoms with E-state index in [1.54, 1.807) is 0 Å². The molecule has 5 unspecified atom stereocenters. The monoisotopic (exact) mass is 452 g/mol. The average molecular weight is 453 g/mol. The van der Waals surface area contributed by atoms with Gasteiger partial charge in [-0.15, -0.1) is 0 Å². The van der Waals surface area contributed by atoms with Crippen LogP contribution in [0.3, 0.4) is 0 Å². The van der Waals surface area contributed by atoms with E-state index in [4.69, 9.17) is 4.74 Å². The molecule has 5 atom stereocenters. The Labute approximate surface area is 188 Å². The zero-order chi connectivity index (χ0) is 22.9. The summed E-state index contributed by atoms with van der Waals surface area (Å²) in [5.74, 6) is 2.12. The Morgan fingerprint density at radius 3 is 2.53 bits per heavy atom. The van der Waals surface area contributed by atoms with Crippen LogP contribution >= 0.6 is 0 Å². The summed E-state index contributed by atoms with van der Waals surface area (Å²) in [6, 6.07) is 5.23. The Morgan fingerprint density at radius 1 is 1.16 bits per heavy atom. The summed E-state index contributed by atoms with van der Waals surface area (Å²) >= 11 is 0. The molecule has 178 valence electrons. The minimum atomic E-state index is -4.33. The van der Waals surface area contributed by atoms with Gasteiger partial charge in [-0.05, 0) is 88.1 Å². The number of alkyl halides is 3. The molecule has 1 aromatic rings. The van der Waals surface area contributed by atoms with Gasteiger partial charge < -0.3 is 15.0 Å². The van der Waals surface area contributed by atoms with Crippen molar-refractivity contribution < 1.29 is 22.7 Å². The molecular formula is C25H35F3N2O2. The Hall–Kier alpha value is -1.76. The van der Waals surface area contributed by atoms with Gasteiger partial charge >= 0.3 is 6.18 Å². The first-order valence-corrected chi connectivity index (χ1v) is 12.1. The number of carbonyl (C=O) groups excluding carboxylic acids is 1. The number of hydrogen-bond donors (Lipinski definition) is 1. The van der Waals surface area contributed by atoms with Crippen molar-refractivity contribution >= 4 is 5.91 Å². The molecule has 4 nitrogen and oxygen atoms in total. The van der Waals surface area contributed by atoms with E-state index in [1.165, 1.54) is 12.1 Å². The zero-order valence-corrected chi connectivity index (χ0v) is 19.0. The van der Waals surface area contributed by atoms with Crippen LogP contribution in [0.5, 0.6) is 5.75 Å². The second-order valence-electron chi connectivity index (χ2n) is 9.95. The first-order chi connectivity index (χ1) is 15.2. The number of hydrogen-bond acceptors (Lipinski definition) is 3. The molecular weight excluding hydrogens is 417 g/mol. The maximum atomic E-state index is 12.9. The molecule has 1 N–H and O–H groups in total. The number of carbonyl (C=O) groups is 1.